The second-order valence-corrected chi connectivity index (χ2v) is 12.4. The van der Waals surface area contributed by atoms with Gasteiger partial charge in [-0.15, -0.1) is 0 Å². The van der Waals surface area contributed by atoms with Gasteiger partial charge in [0.05, 0.1) is 27.8 Å². The van der Waals surface area contributed by atoms with Gasteiger partial charge in [-0.05, 0) is 91.5 Å². The number of rotatable bonds is 6. The predicted octanol–water partition coefficient (Wildman–Crippen LogP) is 9.68. The molecule has 2 aromatic carbocycles. The van der Waals surface area contributed by atoms with E-state index in [0.717, 1.165) is 12.1 Å². The van der Waals surface area contributed by atoms with Crippen LogP contribution < -0.4 is 0 Å². The molecule has 2 aromatic rings. The van der Waals surface area contributed by atoms with Crippen molar-refractivity contribution >= 4 is 34.9 Å². The molecule has 0 spiro atoms. The first-order valence-corrected chi connectivity index (χ1v) is 15.7. The van der Waals surface area contributed by atoms with E-state index in [0.29, 0.717) is 16.7 Å². The summed E-state index contributed by atoms with van der Waals surface area (Å²) in [4.78, 5) is 57.1. The molecule has 4 rings (SSSR count). The van der Waals surface area contributed by atoms with Crippen LogP contribution in [0.15, 0.2) is 99.4 Å². The molecule has 0 atom stereocenters. The average Bonchev–Trinajstić information content (AvgIpc) is 3.05. The Balaban J connectivity index is 0.000000294. The zero-order valence-electron chi connectivity index (χ0n) is 29.3. The van der Waals surface area contributed by atoms with Gasteiger partial charge in [0.15, 0.2) is 11.6 Å². The molecule has 0 amide bonds. The molecule has 2 aliphatic rings. The molecule has 0 saturated heterocycles. The highest BCUT2D eigenvalue weighted by Gasteiger charge is 2.39. The van der Waals surface area contributed by atoms with Gasteiger partial charge >= 0.3 is 30.5 Å². The predicted molar refractivity (Wildman–Crippen MR) is 177 cm³/mol. The number of oxime groups is 2. The van der Waals surface area contributed by atoms with E-state index in [-0.39, 0.29) is 58.6 Å². The minimum atomic E-state index is -5.08. The maximum Gasteiger partial charge on any atom is 0.417 e. The summed E-state index contributed by atoms with van der Waals surface area (Å²) in [7, 11) is 0. The Bertz CT molecular complexity index is 2030. The second kappa shape index (κ2) is 16.6. The summed E-state index contributed by atoms with van der Waals surface area (Å²) in [6, 6.07) is 4.76. The first-order chi connectivity index (χ1) is 24.8. The van der Waals surface area contributed by atoms with Gasteiger partial charge in [-0.25, -0.2) is 9.59 Å². The Hall–Kier alpha value is -5.61. The van der Waals surface area contributed by atoms with Crippen LogP contribution in [0.1, 0.15) is 78.9 Å². The van der Waals surface area contributed by atoms with E-state index in [1.54, 1.807) is 20.8 Å². The van der Waals surface area contributed by atoms with E-state index in [9.17, 15) is 58.7 Å². The zero-order valence-corrected chi connectivity index (χ0v) is 29.3. The van der Waals surface area contributed by atoms with E-state index >= 15 is 0 Å². The Morgan fingerprint density at radius 2 is 0.981 bits per heavy atom. The lowest BCUT2D eigenvalue weighted by molar-refractivity contribution is -0.141. The number of hydrogen-bond donors (Lipinski definition) is 0. The van der Waals surface area contributed by atoms with Crippen LogP contribution in [0.3, 0.4) is 0 Å². The van der Waals surface area contributed by atoms with Crippen molar-refractivity contribution in [3.63, 3.8) is 0 Å². The van der Waals surface area contributed by atoms with Crippen LogP contribution in [0, 0.1) is 11.8 Å². The molecule has 0 radical (unpaired) electrons. The first kappa shape index (κ1) is 42.8. The molecular weight excluding hydrogens is 739 g/mol. The first-order valence-electron chi connectivity index (χ1n) is 15.7. The SMILES string of the molecule is CC1=CC(=O)C(C(C)C)=C/C1=N\OC(=O)c1cc(C(F)(F)F)ccc1C(F)(F)F.CC1=CC(=O)C(C(C)C)=C/C1=N\OC(=O)c1ccccc1C(F)(F)F. The van der Waals surface area contributed by atoms with Crippen molar-refractivity contribution in [1.29, 1.82) is 0 Å². The van der Waals surface area contributed by atoms with Crippen LogP contribution >= 0.6 is 0 Å². The van der Waals surface area contributed by atoms with Gasteiger partial charge < -0.3 is 9.68 Å². The lowest BCUT2D eigenvalue weighted by atomic mass is 9.90. The van der Waals surface area contributed by atoms with Crippen molar-refractivity contribution in [3.05, 3.63) is 117 Å². The number of carbonyl (C=O) groups excluding carboxylic acids is 4. The topological polar surface area (TPSA) is 111 Å². The molecular formula is C37H31F9N2O6. The molecule has 0 fully saturated rings. The molecule has 0 N–H and O–H groups in total. The van der Waals surface area contributed by atoms with Gasteiger partial charge in [0.2, 0.25) is 0 Å². The van der Waals surface area contributed by atoms with E-state index in [1.807, 2.05) is 13.8 Å². The third-order valence-corrected chi connectivity index (χ3v) is 7.68. The van der Waals surface area contributed by atoms with Gasteiger partial charge in [0, 0.05) is 11.1 Å². The second-order valence-electron chi connectivity index (χ2n) is 12.4. The normalized spacial score (nSPS) is 16.8. The highest BCUT2D eigenvalue weighted by Crippen LogP contribution is 2.37. The molecule has 0 saturated carbocycles. The molecule has 288 valence electrons. The third-order valence-electron chi connectivity index (χ3n) is 7.68. The molecule has 8 nitrogen and oxygen atoms in total. The van der Waals surface area contributed by atoms with Crippen molar-refractivity contribution in [2.24, 2.45) is 22.1 Å². The van der Waals surface area contributed by atoms with Crippen LogP contribution in [-0.2, 0) is 37.8 Å². The van der Waals surface area contributed by atoms with Crippen molar-refractivity contribution in [2.75, 3.05) is 0 Å². The number of allylic oxidation sites excluding steroid dienone is 8. The highest BCUT2D eigenvalue weighted by atomic mass is 19.4. The maximum absolute atomic E-state index is 13.1. The molecule has 17 heteroatoms. The molecule has 0 heterocycles. The Labute approximate surface area is 302 Å². The zero-order chi connectivity index (χ0) is 40.9. The van der Waals surface area contributed by atoms with E-state index in [1.165, 1.54) is 43.4 Å². The van der Waals surface area contributed by atoms with E-state index in [4.69, 9.17) is 0 Å². The number of benzene rings is 2. The number of hydrogen-bond acceptors (Lipinski definition) is 8. The number of ketones is 2. The smallest absolute Gasteiger partial charge is 0.312 e. The number of alkyl halides is 9. The lowest BCUT2D eigenvalue weighted by Crippen LogP contribution is -2.18. The van der Waals surface area contributed by atoms with Crippen molar-refractivity contribution in [1.82, 2.24) is 0 Å². The fraction of sp³-hybridized carbons (Fsp3) is 0.297. The minimum Gasteiger partial charge on any atom is -0.312 e. The van der Waals surface area contributed by atoms with Crippen LogP contribution in [0.2, 0.25) is 0 Å². The van der Waals surface area contributed by atoms with Crippen molar-refractivity contribution in [3.8, 4) is 0 Å². The molecule has 0 unspecified atom stereocenters. The molecule has 0 aliphatic heterocycles. The Morgan fingerprint density at radius 1 is 0.574 bits per heavy atom. The monoisotopic (exact) mass is 770 g/mol. The minimum absolute atomic E-state index is 0.00202. The molecule has 2 aliphatic carbocycles. The fourth-order valence-electron chi connectivity index (χ4n) is 4.80. The van der Waals surface area contributed by atoms with Gasteiger partial charge in [0.1, 0.15) is 11.4 Å². The number of nitrogens with zero attached hydrogens (tertiary/aromatic N) is 2. The van der Waals surface area contributed by atoms with Gasteiger partial charge in [-0.2, -0.15) is 39.5 Å². The summed E-state index contributed by atoms with van der Waals surface area (Å²) in [5, 5.41) is 7.08. The van der Waals surface area contributed by atoms with Gasteiger partial charge in [-0.1, -0.05) is 50.1 Å². The van der Waals surface area contributed by atoms with Crippen molar-refractivity contribution in [2.45, 2.75) is 60.1 Å². The quantitative estimate of drug-likeness (QED) is 0.125. The third kappa shape index (κ3) is 10.7. The van der Waals surface area contributed by atoms with Gasteiger partial charge in [0.25, 0.3) is 0 Å². The van der Waals surface area contributed by atoms with E-state index < -0.39 is 58.3 Å². The largest absolute Gasteiger partial charge is 0.417 e. The Morgan fingerprint density at radius 3 is 1.39 bits per heavy atom. The number of halogens is 9. The van der Waals surface area contributed by atoms with Crippen molar-refractivity contribution < 1.29 is 68.4 Å². The van der Waals surface area contributed by atoms with Gasteiger partial charge in [-0.3, -0.25) is 9.59 Å². The summed E-state index contributed by atoms with van der Waals surface area (Å²) in [5.41, 5.74) is -4.27. The number of carbonyl (C=O) groups is 4. The molecule has 0 bridgehead atoms. The Kier molecular flexibility index (Phi) is 13.2. The summed E-state index contributed by atoms with van der Waals surface area (Å²) in [5.74, 6) is -3.65. The van der Waals surface area contributed by atoms with E-state index in [2.05, 4.69) is 20.0 Å². The fourth-order valence-corrected chi connectivity index (χ4v) is 4.80. The van der Waals surface area contributed by atoms with Crippen LogP contribution in [0.5, 0.6) is 0 Å². The maximum atomic E-state index is 13.1. The highest BCUT2D eigenvalue weighted by molar-refractivity contribution is 6.22. The standard InChI is InChI=1S/C19H15F6NO3.C18H16F3NO3/c1-9(2)12-8-15(10(3)6-16(12)27)26-29-17(28)13-7-11(18(20,21)22)4-5-14(13)19(23,24)25;1-10(2)13-9-15(11(3)8-16(13)23)22-25-17(24)12-6-4-5-7-14(12)18(19,20)21/h4-9H,1-3H3;4-10H,1-3H3/b26-15+;22-15+. The molecule has 0 aromatic heterocycles. The summed E-state index contributed by atoms with van der Waals surface area (Å²) in [6.07, 6.45) is -9.36. The van der Waals surface area contributed by atoms with Crippen LogP contribution in [0.4, 0.5) is 39.5 Å². The van der Waals surface area contributed by atoms with Crippen LogP contribution in [-0.4, -0.2) is 34.9 Å². The summed E-state index contributed by atoms with van der Waals surface area (Å²) < 4.78 is 117. The summed E-state index contributed by atoms with van der Waals surface area (Å²) in [6.45, 7) is 10.1. The molecule has 54 heavy (non-hydrogen) atoms. The summed E-state index contributed by atoms with van der Waals surface area (Å²) >= 11 is 0. The average molecular weight is 771 g/mol. The van der Waals surface area contributed by atoms with Crippen LogP contribution in [0.25, 0.3) is 0 Å². The lowest BCUT2D eigenvalue weighted by Gasteiger charge is -2.15.